The summed E-state index contributed by atoms with van der Waals surface area (Å²) in [6.45, 7) is 1.86. The molecule has 1 heterocycles. The third kappa shape index (κ3) is 3.51. The Labute approximate surface area is 80.3 Å². The van der Waals surface area contributed by atoms with E-state index in [9.17, 15) is 8.78 Å². The second kappa shape index (κ2) is 5.31. The number of anilines is 1. The lowest BCUT2D eigenvalue weighted by molar-refractivity contribution is 0.163. The maximum atomic E-state index is 11.8. The summed E-state index contributed by atoms with van der Waals surface area (Å²) in [6.07, 6.45) is -1.14. The minimum atomic E-state index is -2.40. The van der Waals surface area contributed by atoms with Crippen molar-refractivity contribution in [3.8, 4) is 5.88 Å². The van der Waals surface area contributed by atoms with Gasteiger partial charge in [0.2, 0.25) is 5.88 Å². The third-order valence-corrected chi connectivity index (χ3v) is 1.37. The molecule has 14 heavy (non-hydrogen) atoms. The summed E-state index contributed by atoms with van der Waals surface area (Å²) < 4.78 is 28.7. The van der Waals surface area contributed by atoms with E-state index >= 15 is 0 Å². The molecule has 1 aromatic heterocycles. The topological polar surface area (TPSA) is 47.0 Å². The summed E-state index contributed by atoms with van der Waals surface area (Å²) in [5, 5.41) is 2.46. The van der Waals surface area contributed by atoms with Crippen LogP contribution in [-0.4, -0.2) is 29.5 Å². The number of hydrogen-bond acceptors (Lipinski definition) is 4. The molecule has 0 saturated heterocycles. The fourth-order valence-corrected chi connectivity index (χ4v) is 0.845. The molecule has 0 aliphatic rings. The Morgan fingerprint density at radius 1 is 1.50 bits per heavy atom. The average Bonchev–Trinajstić information content (AvgIpc) is 2.16. The Hall–Kier alpha value is -1.46. The minimum Gasteiger partial charge on any atom is -0.478 e. The van der Waals surface area contributed by atoms with Gasteiger partial charge in [-0.05, 0) is 6.92 Å². The molecular formula is C8H11F2N3O. The molecule has 0 fully saturated rings. The molecule has 1 rings (SSSR count). The molecule has 0 bridgehead atoms. The highest BCUT2D eigenvalue weighted by Crippen LogP contribution is 2.10. The Bertz CT molecular complexity index is 283. The first kappa shape index (κ1) is 10.6. The maximum absolute atomic E-state index is 11.8. The van der Waals surface area contributed by atoms with Crippen molar-refractivity contribution in [2.75, 3.05) is 18.5 Å². The number of halogens is 2. The van der Waals surface area contributed by atoms with Crippen LogP contribution in [0, 0.1) is 0 Å². The van der Waals surface area contributed by atoms with Gasteiger partial charge in [0.1, 0.15) is 12.1 Å². The lowest BCUT2D eigenvalue weighted by Gasteiger charge is -2.05. The standard InChI is InChI=1S/C8H11F2N3O/c1-2-14-8-3-7(12-5-13-8)11-4-6(9)10/h3,5-6H,2,4H2,1H3,(H,11,12,13). The summed E-state index contributed by atoms with van der Waals surface area (Å²) in [6, 6.07) is 1.48. The van der Waals surface area contributed by atoms with Crippen LogP contribution in [0.1, 0.15) is 6.92 Å². The van der Waals surface area contributed by atoms with Crippen molar-refractivity contribution in [2.24, 2.45) is 0 Å². The monoisotopic (exact) mass is 203 g/mol. The molecule has 0 aliphatic heterocycles. The number of rotatable bonds is 5. The van der Waals surface area contributed by atoms with Crippen LogP contribution in [0.25, 0.3) is 0 Å². The first-order valence-electron chi connectivity index (χ1n) is 4.19. The van der Waals surface area contributed by atoms with Gasteiger partial charge in [-0.3, -0.25) is 0 Å². The zero-order valence-electron chi connectivity index (χ0n) is 7.70. The van der Waals surface area contributed by atoms with Crippen molar-refractivity contribution < 1.29 is 13.5 Å². The van der Waals surface area contributed by atoms with Crippen molar-refractivity contribution in [2.45, 2.75) is 13.3 Å². The summed E-state index contributed by atoms with van der Waals surface area (Å²) >= 11 is 0. The Morgan fingerprint density at radius 2 is 2.29 bits per heavy atom. The largest absolute Gasteiger partial charge is 0.478 e. The van der Waals surface area contributed by atoms with Gasteiger partial charge in [-0.1, -0.05) is 0 Å². The van der Waals surface area contributed by atoms with E-state index in [1.807, 2.05) is 6.92 Å². The summed E-state index contributed by atoms with van der Waals surface area (Å²) in [5.74, 6) is 0.711. The number of nitrogens with zero attached hydrogens (tertiary/aromatic N) is 2. The molecule has 0 atom stereocenters. The summed E-state index contributed by atoms with van der Waals surface area (Å²) in [5.41, 5.74) is 0. The maximum Gasteiger partial charge on any atom is 0.255 e. The number of alkyl halides is 2. The Kier molecular flexibility index (Phi) is 4.03. The van der Waals surface area contributed by atoms with Gasteiger partial charge in [-0.2, -0.15) is 0 Å². The molecule has 0 spiro atoms. The van der Waals surface area contributed by atoms with E-state index in [0.717, 1.165) is 0 Å². The first-order valence-corrected chi connectivity index (χ1v) is 4.19. The van der Waals surface area contributed by atoms with Gasteiger partial charge in [-0.25, -0.2) is 18.7 Å². The van der Waals surface area contributed by atoms with Crippen molar-refractivity contribution in [1.82, 2.24) is 9.97 Å². The fraction of sp³-hybridized carbons (Fsp3) is 0.500. The molecule has 1 aromatic rings. The van der Waals surface area contributed by atoms with Crippen LogP contribution in [0.15, 0.2) is 12.4 Å². The van der Waals surface area contributed by atoms with E-state index in [2.05, 4.69) is 15.3 Å². The van der Waals surface area contributed by atoms with E-state index in [0.29, 0.717) is 18.3 Å². The van der Waals surface area contributed by atoms with Crippen molar-refractivity contribution in [1.29, 1.82) is 0 Å². The zero-order chi connectivity index (χ0) is 10.4. The van der Waals surface area contributed by atoms with Gasteiger partial charge < -0.3 is 10.1 Å². The van der Waals surface area contributed by atoms with Crippen LogP contribution >= 0.6 is 0 Å². The molecule has 0 aliphatic carbocycles. The molecule has 0 aromatic carbocycles. The average molecular weight is 203 g/mol. The molecule has 6 heteroatoms. The predicted molar refractivity (Wildman–Crippen MR) is 47.7 cm³/mol. The second-order valence-corrected chi connectivity index (χ2v) is 2.45. The number of hydrogen-bond donors (Lipinski definition) is 1. The number of nitrogens with one attached hydrogen (secondary N) is 1. The number of aromatic nitrogens is 2. The van der Waals surface area contributed by atoms with Gasteiger partial charge >= 0.3 is 0 Å². The molecular weight excluding hydrogens is 192 g/mol. The second-order valence-electron chi connectivity index (χ2n) is 2.45. The van der Waals surface area contributed by atoms with Gasteiger partial charge in [0, 0.05) is 6.07 Å². The quantitative estimate of drug-likeness (QED) is 0.788. The van der Waals surface area contributed by atoms with E-state index in [1.165, 1.54) is 12.4 Å². The summed E-state index contributed by atoms with van der Waals surface area (Å²) in [4.78, 5) is 7.55. The van der Waals surface area contributed by atoms with Crippen molar-refractivity contribution in [3.05, 3.63) is 12.4 Å². The van der Waals surface area contributed by atoms with E-state index in [-0.39, 0.29) is 0 Å². The highest BCUT2D eigenvalue weighted by Gasteiger charge is 2.03. The van der Waals surface area contributed by atoms with Gasteiger partial charge in [-0.15, -0.1) is 0 Å². The number of ether oxygens (including phenoxy) is 1. The van der Waals surface area contributed by atoms with Gasteiger partial charge in [0.05, 0.1) is 13.2 Å². The lowest BCUT2D eigenvalue weighted by Crippen LogP contribution is -2.11. The highest BCUT2D eigenvalue weighted by molar-refractivity contribution is 5.36. The Balaban J connectivity index is 2.54. The third-order valence-electron chi connectivity index (χ3n) is 1.37. The lowest BCUT2D eigenvalue weighted by atomic mass is 10.5. The van der Waals surface area contributed by atoms with Gasteiger partial charge in [0.25, 0.3) is 6.43 Å². The Morgan fingerprint density at radius 3 is 2.93 bits per heavy atom. The molecule has 0 unspecified atom stereocenters. The predicted octanol–water partition coefficient (Wildman–Crippen LogP) is 1.55. The molecule has 4 nitrogen and oxygen atoms in total. The fourth-order valence-electron chi connectivity index (χ4n) is 0.845. The van der Waals surface area contributed by atoms with Crippen LogP contribution in [0.4, 0.5) is 14.6 Å². The molecule has 0 saturated carbocycles. The van der Waals surface area contributed by atoms with Crippen LogP contribution in [0.3, 0.4) is 0 Å². The highest BCUT2D eigenvalue weighted by atomic mass is 19.3. The van der Waals surface area contributed by atoms with Crippen LogP contribution in [0.2, 0.25) is 0 Å². The van der Waals surface area contributed by atoms with Crippen LogP contribution < -0.4 is 10.1 Å². The summed E-state index contributed by atoms with van der Waals surface area (Å²) in [7, 11) is 0. The molecule has 0 radical (unpaired) electrons. The zero-order valence-corrected chi connectivity index (χ0v) is 7.70. The van der Waals surface area contributed by atoms with E-state index in [4.69, 9.17) is 4.74 Å². The molecule has 78 valence electrons. The minimum absolute atomic E-state index is 0.337. The van der Waals surface area contributed by atoms with Crippen LogP contribution in [0.5, 0.6) is 5.88 Å². The van der Waals surface area contributed by atoms with E-state index < -0.39 is 13.0 Å². The van der Waals surface area contributed by atoms with Crippen LogP contribution in [-0.2, 0) is 0 Å². The van der Waals surface area contributed by atoms with E-state index in [1.54, 1.807) is 0 Å². The smallest absolute Gasteiger partial charge is 0.255 e. The normalized spacial score (nSPS) is 10.3. The molecule has 0 amide bonds. The van der Waals surface area contributed by atoms with Crippen molar-refractivity contribution in [3.63, 3.8) is 0 Å². The van der Waals surface area contributed by atoms with Crippen molar-refractivity contribution >= 4 is 5.82 Å². The SMILES string of the molecule is CCOc1cc(NCC(F)F)ncn1. The van der Waals surface area contributed by atoms with Gasteiger partial charge in [0.15, 0.2) is 0 Å². The first-order chi connectivity index (χ1) is 6.72. The molecule has 1 N–H and O–H groups in total.